The minimum absolute atomic E-state index is 0.0923. The molecule has 0 aliphatic carbocycles. The van der Waals surface area contributed by atoms with E-state index in [2.05, 4.69) is 22.4 Å². The van der Waals surface area contributed by atoms with Crippen LogP contribution < -0.4 is 5.32 Å². The van der Waals surface area contributed by atoms with Gasteiger partial charge in [0.05, 0.1) is 0 Å². The van der Waals surface area contributed by atoms with Gasteiger partial charge < -0.3 is 4.90 Å². The van der Waals surface area contributed by atoms with Crippen molar-refractivity contribution in [3.8, 4) is 10.6 Å². The molecule has 0 saturated carbocycles. The SMILES string of the molecule is CCCCCc1ccc(C(=O)N2CCCC2C(=O)Nc2nnc(-c3ccc(C)cc3)s2)cc1. The highest BCUT2D eigenvalue weighted by atomic mass is 32.1. The van der Waals surface area contributed by atoms with Gasteiger partial charge in [-0.1, -0.05) is 73.1 Å². The molecule has 1 aliphatic heterocycles. The molecule has 7 heteroatoms. The van der Waals surface area contributed by atoms with Crippen LogP contribution in [-0.4, -0.2) is 39.5 Å². The number of carbonyl (C=O) groups is 2. The number of hydrogen-bond donors (Lipinski definition) is 1. The Morgan fingerprint density at radius 3 is 2.55 bits per heavy atom. The third-order valence-corrected chi connectivity index (χ3v) is 6.93. The first-order chi connectivity index (χ1) is 16.0. The van der Waals surface area contributed by atoms with Crippen molar-refractivity contribution < 1.29 is 9.59 Å². The van der Waals surface area contributed by atoms with Crippen LogP contribution in [0.5, 0.6) is 0 Å². The number of aromatic nitrogens is 2. The second-order valence-electron chi connectivity index (χ2n) is 8.58. The summed E-state index contributed by atoms with van der Waals surface area (Å²) in [6, 6.07) is 15.4. The lowest BCUT2D eigenvalue weighted by Gasteiger charge is -2.23. The van der Waals surface area contributed by atoms with Crippen molar-refractivity contribution in [3.05, 3.63) is 65.2 Å². The van der Waals surface area contributed by atoms with Gasteiger partial charge in [-0.25, -0.2) is 0 Å². The Labute approximate surface area is 199 Å². The van der Waals surface area contributed by atoms with Crippen LogP contribution in [0.1, 0.15) is 60.5 Å². The zero-order valence-electron chi connectivity index (χ0n) is 19.2. The maximum Gasteiger partial charge on any atom is 0.254 e. The molecule has 1 fully saturated rings. The van der Waals surface area contributed by atoms with Gasteiger partial charge in [0.2, 0.25) is 11.0 Å². The fourth-order valence-corrected chi connectivity index (χ4v) is 4.87. The van der Waals surface area contributed by atoms with E-state index in [0.29, 0.717) is 23.7 Å². The van der Waals surface area contributed by atoms with Gasteiger partial charge >= 0.3 is 0 Å². The summed E-state index contributed by atoms with van der Waals surface area (Å²) in [6.07, 6.45) is 6.06. The third kappa shape index (κ3) is 5.66. The summed E-state index contributed by atoms with van der Waals surface area (Å²) in [7, 11) is 0. The highest BCUT2D eigenvalue weighted by molar-refractivity contribution is 7.18. The average molecular weight is 463 g/mol. The Morgan fingerprint density at radius 2 is 1.82 bits per heavy atom. The molecule has 1 unspecified atom stereocenters. The molecule has 2 aromatic carbocycles. The maximum absolute atomic E-state index is 13.1. The van der Waals surface area contributed by atoms with Gasteiger partial charge in [0.25, 0.3) is 5.91 Å². The van der Waals surface area contributed by atoms with Crippen LogP contribution in [0.4, 0.5) is 5.13 Å². The summed E-state index contributed by atoms with van der Waals surface area (Å²) in [5.74, 6) is -0.297. The van der Waals surface area contributed by atoms with Crippen LogP contribution >= 0.6 is 11.3 Å². The number of nitrogens with one attached hydrogen (secondary N) is 1. The van der Waals surface area contributed by atoms with Gasteiger partial charge in [0.1, 0.15) is 11.0 Å². The molecular weight excluding hydrogens is 432 g/mol. The Hall–Kier alpha value is -3.06. The molecular formula is C26H30N4O2S. The first kappa shape index (κ1) is 23.1. The highest BCUT2D eigenvalue weighted by Gasteiger charge is 2.35. The standard InChI is InChI=1S/C26H30N4O2S/c1-3-4-5-7-19-11-15-21(16-12-19)25(32)30-17-6-8-22(30)23(31)27-26-29-28-24(33-26)20-13-9-18(2)10-14-20/h9-16,22H,3-8,17H2,1-2H3,(H,27,29,31). The van der Waals surface area contributed by atoms with Crippen molar-refractivity contribution in [1.82, 2.24) is 15.1 Å². The predicted octanol–water partition coefficient (Wildman–Crippen LogP) is 5.49. The second kappa shape index (κ2) is 10.7. The largest absolute Gasteiger partial charge is 0.327 e. The molecule has 1 aliphatic rings. The zero-order chi connectivity index (χ0) is 23.2. The van der Waals surface area contributed by atoms with Crippen molar-refractivity contribution in [2.75, 3.05) is 11.9 Å². The summed E-state index contributed by atoms with van der Waals surface area (Å²) in [6.45, 7) is 4.81. The smallest absolute Gasteiger partial charge is 0.254 e. The van der Waals surface area contributed by atoms with Gasteiger partial charge in [-0.15, -0.1) is 10.2 Å². The Morgan fingerprint density at radius 1 is 1.06 bits per heavy atom. The predicted molar refractivity (Wildman–Crippen MR) is 132 cm³/mol. The lowest BCUT2D eigenvalue weighted by Crippen LogP contribution is -2.43. The quantitative estimate of drug-likeness (QED) is 0.449. The lowest BCUT2D eigenvalue weighted by atomic mass is 10.0. The number of likely N-dealkylation sites (tertiary alicyclic amines) is 1. The zero-order valence-corrected chi connectivity index (χ0v) is 20.0. The minimum Gasteiger partial charge on any atom is -0.327 e. The fraction of sp³-hybridized carbons (Fsp3) is 0.385. The highest BCUT2D eigenvalue weighted by Crippen LogP contribution is 2.28. The molecule has 0 radical (unpaired) electrons. The second-order valence-corrected chi connectivity index (χ2v) is 9.56. The summed E-state index contributed by atoms with van der Waals surface area (Å²) in [5, 5.41) is 12.4. The van der Waals surface area contributed by atoms with E-state index in [1.165, 1.54) is 35.3 Å². The molecule has 2 heterocycles. The topological polar surface area (TPSA) is 75.2 Å². The molecule has 2 amide bonds. The number of amides is 2. The monoisotopic (exact) mass is 462 g/mol. The molecule has 3 aromatic rings. The summed E-state index contributed by atoms with van der Waals surface area (Å²) < 4.78 is 0. The molecule has 1 aromatic heterocycles. The number of carbonyl (C=O) groups excluding carboxylic acids is 2. The molecule has 6 nitrogen and oxygen atoms in total. The van der Waals surface area contributed by atoms with E-state index in [1.807, 2.05) is 55.5 Å². The van der Waals surface area contributed by atoms with Gasteiger partial charge in [-0.2, -0.15) is 0 Å². The van der Waals surface area contributed by atoms with Crippen molar-refractivity contribution in [3.63, 3.8) is 0 Å². The number of aryl methyl sites for hydroxylation is 2. The number of anilines is 1. The van der Waals surface area contributed by atoms with Gasteiger partial charge in [0, 0.05) is 17.7 Å². The van der Waals surface area contributed by atoms with Crippen LogP contribution in [0.3, 0.4) is 0 Å². The number of hydrogen-bond acceptors (Lipinski definition) is 5. The summed E-state index contributed by atoms with van der Waals surface area (Å²) in [5.41, 5.74) is 4.02. The van der Waals surface area contributed by atoms with Crippen molar-refractivity contribution in [2.45, 2.75) is 58.4 Å². The fourth-order valence-electron chi connectivity index (χ4n) is 4.12. The Kier molecular flexibility index (Phi) is 7.50. The number of rotatable bonds is 8. The van der Waals surface area contributed by atoms with Crippen LogP contribution in [0, 0.1) is 6.92 Å². The summed E-state index contributed by atoms with van der Waals surface area (Å²) >= 11 is 1.34. The van der Waals surface area contributed by atoms with E-state index in [0.717, 1.165) is 29.8 Å². The minimum atomic E-state index is -0.492. The normalized spacial score (nSPS) is 15.6. The van der Waals surface area contributed by atoms with Gasteiger partial charge in [-0.3, -0.25) is 14.9 Å². The van der Waals surface area contributed by atoms with E-state index < -0.39 is 6.04 Å². The molecule has 33 heavy (non-hydrogen) atoms. The molecule has 172 valence electrons. The van der Waals surface area contributed by atoms with Crippen LogP contribution in [-0.2, 0) is 11.2 Å². The molecule has 4 rings (SSSR count). The Balaban J connectivity index is 1.39. The van der Waals surface area contributed by atoms with Crippen LogP contribution in [0.15, 0.2) is 48.5 Å². The molecule has 0 spiro atoms. The molecule has 1 atom stereocenters. The van der Waals surface area contributed by atoms with E-state index in [1.54, 1.807) is 4.90 Å². The molecule has 0 bridgehead atoms. The van der Waals surface area contributed by atoms with E-state index in [-0.39, 0.29) is 11.8 Å². The number of unbranched alkanes of at least 4 members (excludes halogenated alkanes) is 2. The maximum atomic E-state index is 13.1. The Bertz CT molecular complexity index is 1090. The van der Waals surface area contributed by atoms with E-state index in [4.69, 9.17) is 0 Å². The third-order valence-electron chi connectivity index (χ3n) is 6.04. The summed E-state index contributed by atoms with van der Waals surface area (Å²) in [4.78, 5) is 27.8. The lowest BCUT2D eigenvalue weighted by molar-refractivity contribution is -0.119. The van der Waals surface area contributed by atoms with Crippen LogP contribution in [0.25, 0.3) is 10.6 Å². The van der Waals surface area contributed by atoms with Crippen molar-refractivity contribution in [1.29, 1.82) is 0 Å². The van der Waals surface area contributed by atoms with E-state index >= 15 is 0 Å². The van der Waals surface area contributed by atoms with Crippen molar-refractivity contribution in [2.24, 2.45) is 0 Å². The van der Waals surface area contributed by atoms with Crippen LogP contribution in [0.2, 0.25) is 0 Å². The van der Waals surface area contributed by atoms with Crippen molar-refractivity contribution >= 4 is 28.3 Å². The first-order valence-electron chi connectivity index (χ1n) is 11.7. The number of benzene rings is 2. The van der Waals surface area contributed by atoms with Gasteiger partial charge in [-0.05, 0) is 50.3 Å². The number of nitrogens with zero attached hydrogens (tertiary/aromatic N) is 3. The average Bonchev–Trinajstić information content (AvgIpc) is 3.50. The first-order valence-corrected chi connectivity index (χ1v) is 12.5. The molecule has 1 saturated heterocycles. The molecule has 1 N–H and O–H groups in total. The van der Waals surface area contributed by atoms with E-state index in [9.17, 15) is 9.59 Å². The van der Waals surface area contributed by atoms with Gasteiger partial charge in [0.15, 0.2) is 0 Å².